The number of hydrogen-bond donors (Lipinski definition) is 1. The first-order valence-corrected chi connectivity index (χ1v) is 7.98. The topological polar surface area (TPSA) is 15.3 Å². The molecule has 0 saturated carbocycles. The summed E-state index contributed by atoms with van der Waals surface area (Å²) in [5, 5.41) is 3.56. The third-order valence-corrected chi connectivity index (χ3v) is 4.74. The predicted octanol–water partition coefficient (Wildman–Crippen LogP) is 3.80. The fourth-order valence-electron chi connectivity index (χ4n) is 2.88. The van der Waals surface area contributed by atoms with Gasteiger partial charge in [0.2, 0.25) is 0 Å². The van der Waals surface area contributed by atoms with Crippen molar-refractivity contribution in [3.05, 3.63) is 34.1 Å². The molecule has 112 valence electrons. The van der Waals surface area contributed by atoms with Crippen molar-refractivity contribution in [3.63, 3.8) is 0 Å². The van der Waals surface area contributed by atoms with Gasteiger partial charge in [-0.25, -0.2) is 4.39 Å². The quantitative estimate of drug-likeness (QED) is 0.879. The van der Waals surface area contributed by atoms with Crippen LogP contribution in [0.25, 0.3) is 0 Å². The summed E-state index contributed by atoms with van der Waals surface area (Å²) in [5.74, 6) is -0.193. The Bertz CT molecular complexity index is 470. The lowest BCUT2D eigenvalue weighted by molar-refractivity contribution is 0.0524. The number of nitrogens with one attached hydrogen (secondary N) is 1. The van der Waals surface area contributed by atoms with Crippen molar-refractivity contribution < 1.29 is 4.39 Å². The highest BCUT2D eigenvalue weighted by atomic mass is 79.9. The molecule has 1 saturated heterocycles. The molecule has 1 heterocycles. The highest BCUT2D eigenvalue weighted by Crippen LogP contribution is 2.29. The molecule has 1 N–H and O–H groups in total. The molecule has 2 rings (SSSR count). The van der Waals surface area contributed by atoms with Gasteiger partial charge in [-0.2, -0.15) is 0 Å². The van der Waals surface area contributed by atoms with Crippen molar-refractivity contribution in [1.82, 2.24) is 10.2 Å². The lowest BCUT2D eigenvalue weighted by Gasteiger charge is -2.46. The van der Waals surface area contributed by atoms with Crippen LogP contribution in [0.3, 0.4) is 0 Å². The zero-order chi connectivity index (χ0) is 14.9. The first kappa shape index (κ1) is 15.9. The number of piperazine rings is 1. The van der Waals surface area contributed by atoms with Crippen molar-refractivity contribution in [2.45, 2.75) is 46.3 Å². The van der Waals surface area contributed by atoms with Gasteiger partial charge in [-0.05, 0) is 30.0 Å². The molecule has 2 nitrogen and oxygen atoms in total. The molecule has 0 amide bonds. The molecule has 0 bridgehead atoms. The van der Waals surface area contributed by atoms with Crippen molar-refractivity contribution in [2.75, 3.05) is 13.1 Å². The Morgan fingerprint density at radius 1 is 1.40 bits per heavy atom. The fourth-order valence-corrected chi connectivity index (χ4v) is 3.36. The number of rotatable bonds is 2. The smallest absolute Gasteiger partial charge is 0.124 e. The van der Waals surface area contributed by atoms with Gasteiger partial charge in [-0.3, -0.25) is 4.90 Å². The van der Waals surface area contributed by atoms with Crippen LogP contribution in [0.4, 0.5) is 4.39 Å². The molecule has 4 heteroatoms. The highest BCUT2D eigenvalue weighted by molar-refractivity contribution is 9.10. The monoisotopic (exact) mass is 342 g/mol. The van der Waals surface area contributed by atoms with Gasteiger partial charge in [0.05, 0.1) is 0 Å². The third-order valence-electron chi connectivity index (χ3n) is 4.00. The van der Waals surface area contributed by atoms with E-state index in [1.807, 2.05) is 6.07 Å². The van der Waals surface area contributed by atoms with Crippen LogP contribution in [-0.2, 0) is 6.54 Å². The van der Waals surface area contributed by atoms with E-state index in [9.17, 15) is 4.39 Å². The fraction of sp³-hybridized carbons (Fsp3) is 0.625. The molecule has 1 aromatic rings. The van der Waals surface area contributed by atoms with E-state index in [1.54, 1.807) is 6.07 Å². The van der Waals surface area contributed by atoms with E-state index < -0.39 is 0 Å². The van der Waals surface area contributed by atoms with Crippen LogP contribution in [0, 0.1) is 11.2 Å². The summed E-state index contributed by atoms with van der Waals surface area (Å²) in [4.78, 5) is 2.51. The highest BCUT2D eigenvalue weighted by Gasteiger charge is 2.34. The molecule has 2 atom stereocenters. The molecule has 0 spiro atoms. The minimum atomic E-state index is -0.193. The number of halogens is 2. The summed E-state index contributed by atoms with van der Waals surface area (Å²) < 4.78 is 14.1. The Morgan fingerprint density at radius 3 is 2.70 bits per heavy atom. The Kier molecular flexibility index (Phi) is 4.88. The lowest BCUT2D eigenvalue weighted by Crippen LogP contribution is -2.59. The van der Waals surface area contributed by atoms with E-state index in [2.05, 4.69) is 53.8 Å². The maximum absolute atomic E-state index is 13.2. The summed E-state index contributed by atoms with van der Waals surface area (Å²) in [5.41, 5.74) is 1.37. The minimum Gasteiger partial charge on any atom is -0.311 e. The normalized spacial score (nSPS) is 24.9. The van der Waals surface area contributed by atoms with Crippen molar-refractivity contribution in [1.29, 1.82) is 0 Å². The van der Waals surface area contributed by atoms with E-state index in [0.717, 1.165) is 29.7 Å². The van der Waals surface area contributed by atoms with Gasteiger partial charge < -0.3 is 5.32 Å². The van der Waals surface area contributed by atoms with Crippen LogP contribution in [0.1, 0.15) is 33.3 Å². The molecule has 0 aromatic heterocycles. The van der Waals surface area contributed by atoms with Crippen molar-refractivity contribution >= 4 is 15.9 Å². The molecule has 0 radical (unpaired) electrons. The maximum atomic E-state index is 13.2. The summed E-state index contributed by atoms with van der Waals surface area (Å²) >= 11 is 3.48. The third kappa shape index (κ3) is 3.80. The number of benzene rings is 1. The molecule has 1 aromatic carbocycles. The standard InChI is InChI=1S/C16H24BrFN2/c1-11-9-20(15(8-19-11)16(2,3)4)10-12-5-6-13(18)7-14(12)17/h5-7,11,15,19H,8-10H2,1-4H3. The van der Waals surface area contributed by atoms with Gasteiger partial charge in [0.25, 0.3) is 0 Å². The second kappa shape index (κ2) is 6.12. The average Bonchev–Trinajstić information content (AvgIpc) is 2.31. The molecule has 20 heavy (non-hydrogen) atoms. The second-order valence-electron chi connectivity index (χ2n) is 6.86. The Hall–Kier alpha value is -0.450. The number of hydrogen-bond acceptors (Lipinski definition) is 2. The molecule has 1 aliphatic heterocycles. The molecule has 1 fully saturated rings. The van der Waals surface area contributed by atoms with Crippen LogP contribution in [0.15, 0.2) is 22.7 Å². The molecular weight excluding hydrogens is 319 g/mol. The summed E-state index contributed by atoms with van der Waals surface area (Å²) in [6.07, 6.45) is 0. The summed E-state index contributed by atoms with van der Waals surface area (Å²) in [6.45, 7) is 11.9. The average molecular weight is 343 g/mol. The van der Waals surface area contributed by atoms with Crippen LogP contribution in [0.2, 0.25) is 0 Å². The van der Waals surface area contributed by atoms with Crippen LogP contribution >= 0.6 is 15.9 Å². The van der Waals surface area contributed by atoms with Crippen molar-refractivity contribution in [3.8, 4) is 0 Å². The maximum Gasteiger partial charge on any atom is 0.124 e. The van der Waals surface area contributed by atoms with Gasteiger partial charge >= 0.3 is 0 Å². The lowest BCUT2D eigenvalue weighted by atomic mass is 9.83. The minimum absolute atomic E-state index is 0.193. The SMILES string of the molecule is CC1CN(Cc2ccc(F)cc2Br)C(C(C)(C)C)CN1. The first-order valence-electron chi connectivity index (χ1n) is 7.18. The van der Waals surface area contributed by atoms with Gasteiger partial charge in [0.1, 0.15) is 5.82 Å². The summed E-state index contributed by atoms with van der Waals surface area (Å²) in [7, 11) is 0. The van der Waals surface area contributed by atoms with E-state index in [-0.39, 0.29) is 11.2 Å². The van der Waals surface area contributed by atoms with E-state index in [4.69, 9.17) is 0 Å². The molecule has 2 unspecified atom stereocenters. The van der Waals surface area contributed by atoms with Gasteiger partial charge in [-0.1, -0.05) is 42.8 Å². The van der Waals surface area contributed by atoms with Crippen LogP contribution < -0.4 is 5.32 Å². The van der Waals surface area contributed by atoms with E-state index in [1.165, 1.54) is 6.07 Å². The molecule has 1 aliphatic rings. The zero-order valence-electron chi connectivity index (χ0n) is 12.7. The number of nitrogens with zero attached hydrogens (tertiary/aromatic N) is 1. The van der Waals surface area contributed by atoms with Gasteiger partial charge in [-0.15, -0.1) is 0 Å². The Balaban J connectivity index is 2.19. The van der Waals surface area contributed by atoms with Gasteiger partial charge in [0.15, 0.2) is 0 Å². The van der Waals surface area contributed by atoms with Crippen LogP contribution in [0.5, 0.6) is 0 Å². The largest absolute Gasteiger partial charge is 0.311 e. The van der Waals surface area contributed by atoms with Crippen LogP contribution in [-0.4, -0.2) is 30.1 Å². The Labute approximate surface area is 129 Å². The van der Waals surface area contributed by atoms with Gasteiger partial charge in [0, 0.05) is 36.2 Å². The molecular formula is C16H24BrFN2. The predicted molar refractivity (Wildman–Crippen MR) is 85.2 cm³/mol. The molecule has 0 aliphatic carbocycles. The van der Waals surface area contributed by atoms with E-state index in [0.29, 0.717) is 12.1 Å². The first-order chi connectivity index (χ1) is 9.27. The summed E-state index contributed by atoms with van der Waals surface area (Å²) in [6, 6.07) is 5.94. The zero-order valence-corrected chi connectivity index (χ0v) is 14.3. The van der Waals surface area contributed by atoms with E-state index >= 15 is 0 Å². The Morgan fingerprint density at radius 2 is 2.10 bits per heavy atom. The van der Waals surface area contributed by atoms with Crippen molar-refractivity contribution in [2.24, 2.45) is 5.41 Å². The second-order valence-corrected chi connectivity index (χ2v) is 7.71.